The predicted octanol–water partition coefficient (Wildman–Crippen LogP) is 5.13. The number of amides is 1. The summed E-state index contributed by atoms with van der Waals surface area (Å²) in [5.41, 5.74) is 4.27. The SMILES string of the molecule is CCc1ccc(-c2cc(NC(=O)c3cccc(OCc4cccnc4)c3)on2)cc1. The molecule has 4 rings (SSSR count). The minimum Gasteiger partial charge on any atom is -0.489 e. The lowest BCUT2D eigenvalue weighted by molar-refractivity contribution is 0.102. The van der Waals surface area contributed by atoms with Gasteiger partial charge in [-0.3, -0.25) is 15.1 Å². The second kappa shape index (κ2) is 9.05. The molecule has 0 saturated heterocycles. The predicted molar refractivity (Wildman–Crippen MR) is 114 cm³/mol. The maximum atomic E-state index is 12.6. The molecule has 0 bridgehead atoms. The molecule has 0 unspecified atom stereocenters. The van der Waals surface area contributed by atoms with Gasteiger partial charge in [0.15, 0.2) is 0 Å². The molecule has 6 heteroatoms. The first kappa shape index (κ1) is 19.4. The fourth-order valence-electron chi connectivity index (χ4n) is 2.94. The Labute approximate surface area is 174 Å². The number of hydrogen-bond acceptors (Lipinski definition) is 5. The van der Waals surface area contributed by atoms with Crippen LogP contribution in [0.4, 0.5) is 5.88 Å². The van der Waals surface area contributed by atoms with Crippen molar-refractivity contribution in [2.45, 2.75) is 20.0 Å². The molecule has 2 aromatic carbocycles. The lowest BCUT2D eigenvalue weighted by Crippen LogP contribution is -2.11. The van der Waals surface area contributed by atoms with Gasteiger partial charge in [-0.2, -0.15) is 0 Å². The van der Waals surface area contributed by atoms with E-state index in [4.69, 9.17) is 9.26 Å². The van der Waals surface area contributed by atoms with Crippen LogP contribution in [0.3, 0.4) is 0 Å². The Hall–Kier alpha value is -3.93. The molecule has 6 nitrogen and oxygen atoms in total. The number of nitrogens with zero attached hydrogens (tertiary/aromatic N) is 2. The van der Waals surface area contributed by atoms with Crippen LogP contribution in [0.2, 0.25) is 0 Å². The van der Waals surface area contributed by atoms with Crippen molar-refractivity contribution in [2.24, 2.45) is 0 Å². The van der Waals surface area contributed by atoms with Gasteiger partial charge < -0.3 is 9.26 Å². The molecule has 0 aliphatic heterocycles. The van der Waals surface area contributed by atoms with Gasteiger partial charge >= 0.3 is 0 Å². The molecule has 150 valence electrons. The van der Waals surface area contributed by atoms with Crippen LogP contribution in [0.25, 0.3) is 11.3 Å². The summed E-state index contributed by atoms with van der Waals surface area (Å²) in [6.07, 6.45) is 4.43. The number of rotatable bonds is 7. The first-order chi connectivity index (χ1) is 14.7. The van der Waals surface area contributed by atoms with E-state index in [9.17, 15) is 4.79 Å². The number of nitrogens with one attached hydrogen (secondary N) is 1. The summed E-state index contributed by atoms with van der Waals surface area (Å²) >= 11 is 0. The maximum absolute atomic E-state index is 12.6. The van der Waals surface area contributed by atoms with E-state index < -0.39 is 0 Å². The zero-order valence-electron chi connectivity index (χ0n) is 16.5. The molecule has 2 aromatic heterocycles. The second-order valence-corrected chi connectivity index (χ2v) is 6.76. The van der Waals surface area contributed by atoms with Crippen molar-refractivity contribution in [3.05, 3.63) is 95.8 Å². The van der Waals surface area contributed by atoms with E-state index in [0.29, 0.717) is 23.6 Å². The van der Waals surface area contributed by atoms with Crippen LogP contribution >= 0.6 is 0 Å². The van der Waals surface area contributed by atoms with E-state index >= 15 is 0 Å². The number of carbonyl (C=O) groups excluding carboxylic acids is 1. The number of hydrogen-bond donors (Lipinski definition) is 1. The van der Waals surface area contributed by atoms with Gasteiger partial charge in [0, 0.05) is 35.2 Å². The Morgan fingerprint density at radius 2 is 1.90 bits per heavy atom. The summed E-state index contributed by atoms with van der Waals surface area (Å²) in [6.45, 7) is 2.48. The fourth-order valence-corrected chi connectivity index (χ4v) is 2.94. The minimum absolute atomic E-state index is 0.288. The van der Waals surface area contributed by atoms with E-state index in [-0.39, 0.29) is 11.8 Å². The first-order valence-corrected chi connectivity index (χ1v) is 9.70. The quantitative estimate of drug-likeness (QED) is 0.466. The lowest BCUT2D eigenvalue weighted by Gasteiger charge is -2.07. The van der Waals surface area contributed by atoms with Crippen molar-refractivity contribution < 1.29 is 14.1 Å². The summed E-state index contributed by atoms with van der Waals surface area (Å²) in [7, 11) is 0. The summed E-state index contributed by atoms with van der Waals surface area (Å²) < 4.78 is 11.0. The Morgan fingerprint density at radius 3 is 2.67 bits per heavy atom. The average molecular weight is 399 g/mol. The van der Waals surface area contributed by atoms with E-state index in [0.717, 1.165) is 17.5 Å². The maximum Gasteiger partial charge on any atom is 0.258 e. The molecular weight excluding hydrogens is 378 g/mol. The Bertz CT molecular complexity index is 1120. The van der Waals surface area contributed by atoms with Crippen LogP contribution in [0, 0.1) is 0 Å². The molecule has 0 aliphatic carbocycles. The van der Waals surface area contributed by atoms with Gasteiger partial charge in [0.2, 0.25) is 5.88 Å². The van der Waals surface area contributed by atoms with Gasteiger partial charge in [-0.1, -0.05) is 48.5 Å². The molecular formula is C24H21N3O3. The van der Waals surface area contributed by atoms with Gasteiger partial charge in [-0.25, -0.2) is 0 Å². The van der Waals surface area contributed by atoms with Gasteiger partial charge in [0.05, 0.1) is 0 Å². The van der Waals surface area contributed by atoms with Crippen molar-refractivity contribution in [1.29, 1.82) is 0 Å². The molecule has 0 radical (unpaired) electrons. The highest BCUT2D eigenvalue weighted by atomic mass is 16.5. The van der Waals surface area contributed by atoms with E-state index in [2.05, 4.69) is 34.5 Å². The molecule has 0 atom stereocenters. The normalized spacial score (nSPS) is 10.6. The third-order valence-corrected chi connectivity index (χ3v) is 4.63. The molecule has 30 heavy (non-hydrogen) atoms. The number of pyridine rings is 1. The third kappa shape index (κ3) is 4.72. The largest absolute Gasteiger partial charge is 0.489 e. The molecule has 2 heterocycles. The van der Waals surface area contributed by atoms with Crippen LogP contribution < -0.4 is 10.1 Å². The van der Waals surface area contributed by atoms with Gasteiger partial charge in [0.25, 0.3) is 5.91 Å². The van der Waals surface area contributed by atoms with Crippen LogP contribution in [-0.2, 0) is 13.0 Å². The van der Waals surface area contributed by atoms with Crippen molar-refractivity contribution in [2.75, 3.05) is 5.32 Å². The van der Waals surface area contributed by atoms with Gasteiger partial charge in [0.1, 0.15) is 18.1 Å². The van der Waals surface area contributed by atoms with Gasteiger partial charge in [-0.15, -0.1) is 0 Å². The van der Waals surface area contributed by atoms with Crippen molar-refractivity contribution in [3.8, 4) is 17.0 Å². The van der Waals surface area contributed by atoms with Crippen molar-refractivity contribution in [1.82, 2.24) is 10.1 Å². The van der Waals surface area contributed by atoms with E-state index in [1.807, 2.05) is 24.3 Å². The Morgan fingerprint density at radius 1 is 1.03 bits per heavy atom. The number of aromatic nitrogens is 2. The number of ether oxygens (including phenoxy) is 1. The molecule has 0 fully saturated rings. The topological polar surface area (TPSA) is 77.2 Å². The van der Waals surface area contributed by atoms with Crippen LogP contribution in [-0.4, -0.2) is 16.0 Å². The molecule has 1 N–H and O–H groups in total. The van der Waals surface area contributed by atoms with Gasteiger partial charge in [-0.05, 0) is 36.2 Å². The van der Waals surface area contributed by atoms with Crippen LogP contribution in [0.15, 0.2) is 83.6 Å². The van der Waals surface area contributed by atoms with Crippen molar-refractivity contribution in [3.63, 3.8) is 0 Å². The molecule has 1 amide bonds. The molecule has 0 spiro atoms. The summed E-state index contributed by atoms with van der Waals surface area (Å²) in [4.78, 5) is 16.7. The highest BCUT2D eigenvalue weighted by molar-refractivity contribution is 6.03. The molecule has 0 saturated carbocycles. The number of carbonyl (C=O) groups is 1. The first-order valence-electron chi connectivity index (χ1n) is 9.70. The lowest BCUT2D eigenvalue weighted by atomic mass is 10.1. The summed E-state index contributed by atoms with van der Waals surface area (Å²) in [5, 5.41) is 6.79. The summed E-state index contributed by atoms with van der Waals surface area (Å²) in [5.74, 6) is 0.586. The third-order valence-electron chi connectivity index (χ3n) is 4.63. The zero-order chi connectivity index (χ0) is 20.8. The smallest absolute Gasteiger partial charge is 0.258 e. The number of anilines is 1. The average Bonchev–Trinajstić information content (AvgIpc) is 3.27. The standard InChI is InChI=1S/C24H21N3O3/c1-2-17-8-10-19(11-9-17)22-14-23(30-27-22)26-24(28)20-6-3-7-21(13-20)29-16-18-5-4-12-25-15-18/h3-15H,2,16H2,1H3,(H,26,28). The fraction of sp³-hybridized carbons (Fsp3) is 0.125. The number of benzene rings is 2. The van der Waals surface area contributed by atoms with E-state index in [1.165, 1.54) is 5.56 Å². The highest BCUT2D eigenvalue weighted by Crippen LogP contribution is 2.23. The van der Waals surface area contributed by atoms with Crippen molar-refractivity contribution >= 4 is 11.8 Å². The van der Waals surface area contributed by atoms with Crippen LogP contribution in [0.5, 0.6) is 5.75 Å². The summed E-state index contributed by atoms with van der Waals surface area (Å²) in [6, 6.07) is 20.6. The molecule has 0 aliphatic rings. The van der Waals surface area contributed by atoms with E-state index in [1.54, 1.807) is 42.7 Å². The zero-order valence-corrected chi connectivity index (χ0v) is 16.5. The van der Waals surface area contributed by atoms with Crippen LogP contribution in [0.1, 0.15) is 28.4 Å². The second-order valence-electron chi connectivity index (χ2n) is 6.76. The monoisotopic (exact) mass is 399 g/mol. The number of aryl methyl sites for hydroxylation is 1. The Kier molecular flexibility index (Phi) is 5.85. The Balaban J connectivity index is 1.41. The minimum atomic E-state index is -0.300. The highest BCUT2D eigenvalue weighted by Gasteiger charge is 2.12. The molecule has 4 aromatic rings.